The van der Waals surface area contributed by atoms with E-state index in [1.165, 1.54) is 45.2 Å². The van der Waals surface area contributed by atoms with Gasteiger partial charge in [0.15, 0.2) is 0 Å². The van der Waals surface area contributed by atoms with Crippen LogP contribution in [0.3, 0.4) is 0 Å². The lowest BCUT2D eigenvalue weighted by Crippen LogP contribution is -2.56. The van der Waals surface area contributed by atoms with Gasteiger partial charge in [-0.2, -0.15) is 34.8 Å². The molecule has 2 aliphatic rings. The van der Waals surface area contributed by atoms with Crippen molar-refractivity contribution in [2.24, 2.45) is 0 Å². The van der Waals surface area contributed by atoms with E-state index in [1.807, 2.05) is 6.92 Å². The lowest BCUT2D eigenvalue weighted by Gasteiger charge is -2.47. The standard InChI is InChI=1S/C30H35F7N4O2.C7H8O3S/c1-18-13-24(31)5-6-26(18)27-17-25(40-11-9-39(10-12-40)20(3)42)7-8-41(27)28(43)38(4)19(2)21-14-22(29(32,33)34)16-23(15-21)30(35,36)37;1-6-2-4-7(5-3-6)11(8,9)10/h5-6,13-16,19,25,27H,7-12,17H2,1-4H3;2-5H,1H3,(H,8,9,10)/t19-,25+,27-;/m1./s1. The summed E-state index contributed by atoms with van der Waals surface area (Å²) in [5.74, 6) is -0.442. The maximum Gasteiger partial charge on any atom is 0.416 e. The molecule has 3 atom stereocenters. The molecule has 9 nitrogen and oxygen atoms in total. The number of alkyl halides is 6. The summed E-state index contributed by atoms with van der Waals surface area (Å²) in [6.45, 7) is 9.20. The topological polar surface area (TPSA) is 101 Å². The number of hydrogen-bond acceptors (Lipinski definition) is 5. The third kappa shape index (κ3) is 10.5. The first kappa shape index (κ1) is 42.5. The molecule has 3 aromatic rings. The molecular formula is C37H43F7N4O5S. The van der Waals surface area contributed by atoms with E-state index in [0.29, 0.717) is 62.3 Å². The van der Waals surface area contributed by atoms with Crippen molar-refractivity contribution in [1.29, 1.82) is 0 Å². The molecule has 2 aliphatic heterocycles. The van der Waals surface area contributed by atoms with E-state index in [1.54, 1.807) is 34.9 Å². The van der Waals surface area contributed by atoms with Gasteiger partial charge in [0.2, 0.25) is 5.91 Å². The zero-order chi connectivity index (χ0) is 40.3. The first-order valence-corrected chi connectivity index (χ1v) is 18.5. The molecule has 17 heteroatoms. The fourth-order valence-corrected chi connectivity index (χ4v) is 7.22. The lowest BCUT2D eigenvalue weighted by atomic mass is 9.88. The van der Waals surface area contributed by atoms with E-state index in [2.05, 4.69) is 4.90 Å². The van der Waals surface area contributed by atoms with Crippen LogP contribution in [0, 0.1) is 19.7 Å². The Morgan fingerprint density at radius 2 is 1.41 bits per heavy atom. The summed E-state index contributed by atoms with van der Waals surface area (Å²) in [7, 11) is -2.67. The van der Waals surface area contributed by atoms with E-state index in [0.717, 1.165) is 10.5 Å². The Kier molecular flexibility index (Phi) is 13.1. The van der Waals surface area contributed by atoms with Crippen LogP contribution in [0.15, 0.2) is 65.6 Å². The van der Waals surface area contributed by atoms with E-state index >= 15 is 0 Å². The molecule has 5 rings (SSSR count). The minimum Gasteiger partial charge on any atom is -0.340 e. The molecule has 54 heavy (non-hydrogen) atoms. The van der Waals surface area contributed by atoms with Gasteiger partial charge < -0.3 is 14.7 Å². The van der Waals surface area contributed by atoms with Crippen LogP contribution >= 0.6 is 0 Å². The van der Waals surface area contributed by atoms with Crippen molar-refractivity contribution in [3.63, 3.8) is 0 Å². The van der Waals surface area contributed by atoms with Crippen molar-refractivity contribution in [3.05, 3.63) is 99.9 Å². The minimum absolute atomic E-state index is 0.000149. The number of halogens is 7. The average Bonchev–Trinajstić information content (AvgIpc) is 3.09. The monoisotopic (exact) mass is 788 g/mol. The van der Waals surface area contributed by atoms with Crippen LogP contribution in [0.1, 0.15) is 72.2 Å². The fraction of sp³-hybridized carbons (Fsp3) is 0.459. The van der Waals surface area contributed by atoms with Gasteiger partial charge in [-0.25, -0.2) is 9.18 Å². The molecule has 296 valence electrons. The van der Waals surface area contributed by atoms with Gasteiger partial charge in [0.1, 0.15) is 5.82 Å². The third-order valence-electron chi connectivity index (χ3n) is 9.98. The molecule has 0 aliphatic carbocycles. The summed E-state index contributed by atoms with van der Waals surface area (Å²) in [5.41, 5.74) is -0.913. The van der Waals surface area contributed by atoms with Crippen LogP contribution in [0.25, 0.3) is 0 Å². The highest BCUT2D eigenvalue weighted by atomic mass is 32.2. The van der Waals surface area contributed by atoms with Crippen LogP contribution in [-0.4, -0.2) is 90.3 Å². The highest BCUT2D eigenvalue weighted by Crippen LogP contribution is 2.40. The number of likely N-dealkylation sites (tertiary alicyclic amines) is 1. The number of benzene rings is 3. The van der Waals surface area contributed by atoms with E-state index in [9.17, 15) is 48.7 Å². The van der Waals surface area contributed by atoms with Gasteiger partial charge in [-0.1, -0.05) is 23.8 Å². The Bertz CT molecular complexity index is 1880. The number of nitrogens with zero attached hydrogens (tertiary/aromatic N) is 4. The summed E-state index contributed by atoms with van der Waals surface area (Å²) in [5, 5.41) is 0. The molecule has 2 heterocycles. The summed E-state index contributed by atoms with van der Waals surface area (Å²) < 4.78 is 125. The Labute approximate surface area is 310 Å². The van der Waals surface area contributed by atoms with Crippen molar-refractivity contribution in [1.82, 2.24) is 19.6 Å². The normalized spacial score (nSPS) is 19.1. The highest BCUT2D eigenvalue weighted by molar-refractivity contribution is 7.85. The molecule has 0 aromatic heterocycles. The number of amides is 3. The van der Waals surface area contributed by atoms with Crippen LogP contribution in [0.5, 0.6) is 0 Å². The number of urea groups is 1. The molecule has 3 aromatic carbocycles. The number of rotatable bonds is 5. The van der Waals surface area contributed by atoms with Crippen LogP contribution < -0.4 is 0 Å². The largest absolute Gasteiger partial charge is 0.416 e. The number of piperidine rings is 1. The maximum atomic E-state index is 14.0. The SMILES string of the molecule is CC(=O)N1CCN([C@H]2CCN(C(=O)N(C)[C@H](C)c3cc(C(F)(F)F)cc(C(F)(F)F)c3)[C@@H](c3ccc(F)cc3C)C2)CC1.Cc1ccc(S(=O)(=O)O)cc1. The summed E-state index contributed by atoms with van der Waals surface area (Å²) in [6, 6.07) is 9.44. The van der Waals surface area contributed by atoms with Gasteiger partial charge in [0.25, 0.3) is 10.1 Å². The summed E-state index contributed by atoms with van der Waals surface area (Å²) in [6.07, 6.45) is -8.96. The fourth-order valence-electron chi connectivity index (χ4n) is 6.74. The zero-order valence-electron chi connectivity index (χ0n) is 30.4. The Balaban J connectivity index is 0.000000506. The summed E-state index contributed by atoms with van der Waals surface area (Å²) >= 11 is 0. The molecule has 0 radical (unpaired) electrons. The summed E-state index contributed by atoms with van der Waals surface area (Å²) in [4.78, 5) is 32.4. The number of hydrogen-bond donors (Lipinski definition) is 1. The van der Waals surface area contributed by atoms with Crippen molar-refractivity contribution in [2.75, 3.05) is 39.8 Å². The average molecular weight is 789 g/mol. The third-order valence-corrected chi connectivity index (χ3v) is 10.8. The second-order valence-corrected chi connectivity index (χ2v) is 15.0. The number of carbonyl (C=O) groups excluding carboxylic acids is 2. The molecule has 0 saturated carbocycles. The predicted molar refractivity (Wildman–Crippen MR) is 186 cm³/mol. The number of aryl methyl sites for hydroxylation is 2. The molecular weight excluding hydrogens is 745 g/mol. The zero-order valence-corrected chi connectivity index (χ0v) is 31.2. The van der Waals surface area contributed by atoms with Crippen LogP contribution in [0.2, 0.25) is 0 Å². The molecule has 1 N–H and O–H groups in total. The lowest BCUT2D eigenvalue weighted by molar-refractivity contribution is -0.143. The first-order valence-electron chi connectivity index (χ1n) is 17.1. The van der Waals surface area contributed by atoms with Crippen molar-refractivity contribution in [2.45, 2.75) is 75.9 Å². The van der Waals surface area contributed by atoms with Gasteiger partial charge in [-0.3, -0.25) is 14.2 Å². The van der Waals surface area contributed by atoms with Crippen LogP contribution in [0.4, 0.5) is 35.5 Å². The second kappa shape index (κ2) is 16.7. The quantitative estimate of drug-likeness (QED) is 0.209. The molecule has 3 amide bonds. The van der Waals surface area contributed by atoms with Gasteiger partial charge >= 0.3 is 18.4 Å². The predicted octanol–water partition coefficient (Wildman–Crippen LogP) is 7.90. The van der Waals surface area contributed by atoms with Gasteiger partial charge in [0.05, 0.1) is 28.1 Å². The smallest absolute Gasteiger partial charge is 0.340 e. The van der Waals surface area contributed by atoms with Crippen molar-refractivity contribution >= 4 is 22.1 Å². The van der Waals surface area contributed by atoms with Crippen molar-refractivity contribution in [3.8, 4) is 0 Å². The Morgan fingerprint density at radius 1 is 0.852 bits per heavy atom. The number of piperazine rings is 1. The van der Waals surface area contributed by atoms with E-state index in [-0.39, 0.29) is 35.0 Å². The van der Waals surface area contributed by atoms with Gasteiger partial charge in [0, 0.05) is 52.7 Å². The molecule has 2 saturated heterocycles. The molecule has 0 spiro atoms. The van der Waals surface area contributed by atoms with Crippen LogP contribution in [-0.2, 0) is 27.3 Å². The molecule has 0 unspecified atom stereocenters. The van der Waals surface area contributed by atoms with Gasteiger partial charge in [-0.15, -0.1) is 0 Å². The minimum atomic E-state index is -5.01. The second-order valence-electron chi connectivity index (χ2n) is 13.6. The van der Waals surface area contributed by atoms with E-state index in [4.69, 9.17) is 4.55 Å². The highest BCUT2D eigenvalue weighted by Gasteiger charge is 2.40. The maximum absolute atomic E-state index is 14.0. The van der Waals surface area contributed by atoms with Gasteiger partial charge in [-0.05, 0) is 92.8 Å². The molecule has 0 bridgehead atoms. The number of carbonyl (C=O) groups is 2. The Morgan fingerprint density at radius 3 is 1.89 bits per heavy atom. The first-order chi connectivity index (χ1) is 25.0. The van der Waals surface area contributed by atoms with Crippen molar-refractivity contribution < 1.29 is 53.3 Å². The Hall–Kier alpha value is -4.22. The van der Waals surface area contributed by atoms with E-state index < -0.39 is 57.5 Å². The molecule has 2 fully saturated rings.